The Morgan fingerprint density at radius 1 is 1.19 bits per heavy atom. The summed E-state index contributed by atoms with van der Waals surface area (Å²) in [6.45, 7) is 0. The first-order chi connectivity index (χ1) is 10.1. The van der Waals surface area contributed by atoms with Crippen LogP contribution in [0.25, 0.3) is 17.0 Å². The lowest BCUT2D eigenvalue weighted by Gasteiger charge is -2.01. The highest BCUT2D eigenvalue weighted by Gasteiger charge is 2.11. The zero-order chi connectivity index (χ0) is 14.8. The molecule has 2 aromatic heterocycles. The normalized spacial score (nSPS) is 10.9. The van der Waals surface area contributed by atoms with E-state index in [-0.39, 0.29) is 11.6 Å². The SMILES string of the molecule is O=C(O)CSc1ccc2nnc(-c3ccc(F)cc3)n2n1. The largest absolute Gasteiger partial charge is 0.481 e. The van der Waals surface area contributed by atoms with E-state index >= 15 is 0 Å². The lowest BCUT2D eigenvalue weighted by Crippen LogP contribution is -2.00. The Kier molecular flexibility index (Phi) is 3.53. The molecular weight excluding hydrogens is 295 g/mol. The molecule has 0 radical (unpaired) electrons. The first kappa shape index (κ1) is 13.5. The average molecular weight is 304 g/mol. The molecule has 0 amide bonds. The summed E-state index contributed by atoms with van der Waals surface area (Å²) in [5.74, 6) is -0.850. The van der Waals surface area contributed by atoms with Crippen LogP contribution in [0.15, 0.2) is 41.4 Å². The second kappa shape index (κ2) is 5.49. The van der Waals surface area contributed by atoms with Gasteiger partial charge in [0, 0.05) is 5.56 Å². The highest BCUT2D eigenvalue weighted by Crippen LogP contribution is 2.20. The quantitative estimate of drug-likeness (QED) is 0.744. The molecule has 3 rings (SSSR count). The molecule has 0 saturated carbocycles. The number of hydrogen-bond acceptors (Lipinski definition) is 5. The predicted octanol–water partition coefficient (Wildman–Crippen LogP) is 2.11. The van der Waals surface area contributed by atoms with Crippen molar-refractivity contribution >= 4 is 23.4 Å². The number of carbonyl (C=O) groups is 1. The van der Waals surface area contributed by atoms with Gasteiger partial charge in [0.05, 0.1) is 5.75 Å². The average Bonchev–Trinajstić information content (AvgIpc) is 2.89. The number of nitrogens with zero attached hydrogens (tertiary/aromatic N) is 4. The number of aliphatic carboxylic acids is 1. The van der Waals surface area contributed by atoms with Gasteiger partial charge in [-0.15, -0.1) is 10.2 Å². The summed E-state index contributed by atoms with van der Waals surface area (Å²) < 4.78 is 14.5. The summed E-state index contributed by atoms with van der Waals surface area (Å²) in [7, 11) is 0. The Morgan fingerprint density at radius 3 is 2.67 bits per heavy atom. The van der Waals surface area contributed by atoms with Crippen molar-refractivity contribution < 1.29 is 14.3 Å². The van der Waals surface area contributed by atoms with Crippen LogP contribution < -0.4 is 0 Å². The minimum Gasteiger partial charge on any atom is -0.481 e. The summed E-state index contributed by atoms with van der Waals surface area (Å²) in [5.41, 5.74) is 1.21. The van der Waals surface area contributed by atoms with Crippen molar-refractivity contribution in [3.05, 3.63) is 42.2 Å². The fourth-order valence-electron chi connectivity index (χ4n) is 1.76. The smallest absolute Gasteiger partial charge is 0.313 e. The van der Waals surface area contributed by atoms with E-state index in [1.54, 1.807) is 24.3 Å². The first-order valence-corrected chi connectivity index (χ1v) is 6.95. The number of fused-ring (bicyclic) bond motifs is 1. The van der Waals surface area contributed by atoms with Crippen molar-refractivity contribution in [3.8, 4) is 11.4 Å². The van der Waals surface area contributed by atoms with Crippen molar-refractivity contribution in [2.75, 3.05) is 5.75 Å². The van der Waals surface area contributed by atoms with Crippen LogP contribution in [0.5, 0.6) is 0 Å². The molecule has 2 heterocycles. The summed E-state index contributed by atoms with van der Waals surface area (Å²) in [6.07, 6.45) is 0. The zero-order valence-electron chi connectivity index (χ0n) is 10.6. The Labute approximate surface area is 122 Å². The molecule has 6 nitrogen and oxygen atoms in total. The number of hydrogen-bond donors (Lipinski definition) is 1. The molecule has 0 bridgehead atoms. The molecule has 0 aliphatic heterocycles. The number of halogens is 1. The molecule has 0 aliphatic carbocycles. The maximum absolute atomic E-state index is 13.0. The molecule has 0 saturated heterocycles. The van der Waals surface area contributed by atoms with E-state index in [0.717, 1.165) is 11.8 Å². The van der Waals surface area contributed by atoms with Crippen molar-refractivity contribution in [2.45, 2.75) is 5.03 Å². The molecule has 0 aliphatic rings. The minimum absolute atomic E-state index is 0.0769. The third-order valence-electron chi connectivity index (χ3n) is 2.68. The van der Waals surface area contributed by atoms with Crippen LogP contribution in [0, 0.1) is 5.82 Å². The summed E-state index contributed by atoms with van der Waals surface area (Å²) in [4.78, 5) is 10.6. The molecule has 8 heteroatoms. The standard InChI is InChI=1S/C13H9FN4O2S/c14-9-3-1-8(2-4-9)13-16-15-10-5-6-11(17-18(10)13)21-7-12(19)20/h1-6H,7H2,(H,19,20). The van der Waals surface area contributed by atoms with Gasteiger partial charge in [-0.1, -0.05) is 11.8 Å². The monoisotopic (exact) mass is 304 g/mol. The number of carboxylic acid groups (broad SMARTS) is 1. The zero-order valence-corrected chi connectivity index (χ0v) is 11.4. The van der Waals surface area contributed by atoms with Crippen LogP contribution in [0.4, 0.5) is 4.39 Å². The fraction of sp³-hybridized carbons (Fsp3) is 0.0769. The van der Waals surface area contributed by atoms with Gasteiger partial charge in [0.25, 0.3) is 0 Å². The molecule has 21 heavy (non-hydrogen) atoms. The maximum atomic E-state index is 13.0. The number of thioether (sulfide) groups is 1. The van der Waals surface area contributed by atoms with Gasteiger partial charge in [-0.3, -0.25) is 4.79 Å². The van der Waals surface area contributed by atoms with E-state index in [0.29, 0.717) is 22.1 Å². The third-order valence-corrected chi connectivity index (χ3v) is 3.59. The van der Waals surface area contributed by atoms with E-state index in [1.165, 1.54) is 16.6 Å². The van der Waals surface area contributed by atoms with Gasteiger partial charge >= 0.3 is 5.97 Å². The van der Waals surface area contributed by atoms with E-state index in [4.69, 9.17) is 5.11 Å². The van der Waals surface area contributed by atoms with E-state index in [9.17, 15) is 9.18 Å². The summed E-state index contributed by atoms with van der Waals surface area (Å²) >= 11 is 1.11. The van der Waals surface area contributed by atoms with Gasteiger partial charge in [-0.05, 0) is 36.4 Å². The highest BCUT2D eigenvalue weighted by molar-refractivity contribution is 7.99. The van der Waals surface area contributed by atoms with Crippen molar-refractivity contribution in [1.82, 2.24) is 19.8 Å². The number of aromatic nitrogens is 4. The molecule has 1 N–H and O–H groups in total. The van der Waals surface area contributed by atoms with Gasteiger partial charge < -0.3 is 5.11 Å². The van der Waals surface area contributed by atoms with Gasteiger partial charge in [0.2, 0.25) is 0 Å². The Balaban J connectivity index is 2.01. The van der Waals surface area contributed by atoms with Crippen molar-refractivity contribution in [1.29, 1.82) is 0 Å². The molecular formula is C13H9FN4O2S. The molecule has 0 atom stereocenters. The van der Waals surface area contributed by atoms with Crippen LogP contribution >= 0.6 is 11.8 Å². The van der Waals surface area contributed by atoms with E-state index in [2.05, 4.69) is 15.3 Å². The topological polar surface area (TPSA) is 80.4 Å². The molecule has 0 fully saturated rings. The highest BCUT2D eigenvalue weighted by atomic mass is 32.2. The molecule has 1 aromatic carbocycles. The number of benzene rings is 1. The second-order valence-corrected chi connectivity index (χ2v) is 5.15. The number of carboxylic acids is 1. The first-order valence-electron chi connectivity index (χ1n) is 5.96. The van der Waals surface area contributed by atoms with Crippen LogP contribution in [-0.4, -0.2) is 36.6 Å². The van der Waals surface area contributed by atoms with Gasteiger partial charge in [0.15, 0.2) is 11.5 Å². The van der Waals surface area contributed by atoms with Crippen molar-refractivity contribution in [2.24, 2.45) is 0 Å². The third kappa shape index (κ3) is 2.84. The van der Waals surface area contributed by atoms with Gasteiger partial charge in [0.1, 0.15) is 10.8 Å². The summed E-state index contributed by atoms with van der Waals surface area (Å²) in [5, 5.41) is 21.6. The Morgan fingerprint density at radius 2 is 1.95 bits per heavy atom. The van der Waals surface area contributed by atoms with Gasteiger partial charge in [-0.2, -0.15) is 9.61 Å². The lowest BCUT2D eigenvalue weighted by molar-refractivity contribution is -0.133. The van der Waals surface area contributed by atoms with Crippen LogP contribution in [0.2, 0.25) is 0 Å². The number of rotatable bonds is 4. The van der Waals surface area contributed by atoms with Gasteiger partial charge in [-0.25, -0.2) is 4.39 Å². The Hall–Kier alpha value is -2.48. The minimum atomic E-state index is -0.913. The molecule has 0 spiro atoms. The Bertz CT molecular complexity index is 804. The maximum Gasteiger partial charge on any atom is 0.313 e. The molecule has 3 aromatic rings. The van der Waals surface area contributed by atoms with Crippen LogP contribution in [0.3, 0.4) is 0 Å². The van der Waals surface area contributed by atoms with Crippen LogP contribution in [-0.2, 0) is 4.79 Å². The van der Waals surface area contributed by atoms with Crippen molar-refractivity contribution in [3.63, 3.8) is 0 Å². The summed E-state index contributed by atoms with van der Waals surface area (Å²) in [6, 6.07) is 9.23. The molecule has 0 unspecified atom stereocenters. The fourth-order valence-corrected chi connectivity index (χ4v) is 2.34. The second-order valence-electron chi connectivity index (χ2n) is 4.15. The van der Waals surface area contributed by atoms with E-state index in [1.807, 2.05) is 0 Å². The van der Waals surface area contributed by atoms with E-state index < -0.39 is 5.97 Å². The lowest BCUT2D eigenvalue weighted by atomic mass is 10.2. The van der Waals surface area contributed by atoms with Crippen LogP contribution in [0.1, 0.15) is 0 Å². The predicted molar refractivity (Wildman–Crippen MR) is 74.5 cm³/mol. The molecule has 106 valence electrons.